The SMILES string of the molecule is CC1(C)C(=O)N(c2ccc(C#N)c(C(F)(F)F)c2)C(=S)N1c1ccc(OCC2(N3CCN(CC(=O)Nc4ccc5c(C6CCC(=O)NC6=O)coc5c4)CC3)CC2)c(F)c1. The van der Waals surface area contributed by atoms with Crippen LogP contribution >= 0.6 is 12.2 Å². The molecular formula is C42H39F4N7O6S. The molecule has 8 rings (SSSR count). The molecule has 0 bridgehead atoms. The van der Waals surface area contributed by atoms with Crippen molar-refractivity contribution < 1.29 is 45.9 Å². The summed E-state index contributed by atoms with van der Waals surface area (Å²) in [5.41, 5.74) is -1.66. The molecule has 4 fully saturated rings. The topological polar surface area (TPSA) is 151 Å². The summed E-state index contributed by atoms with van der Waals surface area (Å²) in [4.78, 5) is 57.3. The molecule has 4 aromatic rings. The average Bonchev–Trinajstić information content (AvgIpc) is 3.84. The highest BCUT2D eigenvalue weighted by molar-refractivity contribution is 7.81. The van der Waals surface area contributed by atoms with Crippen LogP contribution in [0.2, 0.25) is 0 Å². The number of imide groups is 1. The van der Waals surface area contributed by atoms with E-state index in [-0.39, 0.29) is 65.1 Å². The maximum absolute atomic E-state index is 15.7. The van der Waals surface area contributed by atoms with E-state index < -0.39 is 40.5 Å². The molecule has 4 aliphatic rings. The highest BCUT2D eigenvalue weighted by Gasteiger charge is 2.52. The number of hydrogen-bond donors (Lipinski definition) is 2. The minimum absolute atomic E-state index is 0.00622. The molecule has 1 saturated carbocycles. The van der Waals surface area contributed by atoms with E-state index in [9.17, 15) is 37.6 Å². The number of amides is 4. The molecule has 1 unspecified atom stereocenters. The predicted octanol–water partition coefficient (Wildman–Crippen LogP) is 6.07. The number of nitrogens with one attached hydrogen (secondary N) is 2. The standard InChI is InChI=1S/C42H39F4N7O6S/c1-40(2)38(57)52(26-5-3-24(20-47)31(18-26)42(44,45)46)39(60)53(40)27-6-9-33(32(43)19-27)59-23-41(11-12-41)51-15-13-50(14-16-51)21-36(55)48-25-4-7-28-30(22-58-34(28)17-25)29-8-10-35(54)49-37(29)56/h3-7,9,17-19,22,29H,8,10-16,21,23H2,1-2H3,(H,48,55)(H,49,54,56). The van der Waals surface area contributed by atoms with Gasteiger partial charge in [0.2, 0.25) is 17.7 Å². The number of ether oxygens (including phenoxy) is 1. The van der Waals surface area contributed by atoms with Gasteiger partial charge in [-0.1, -0.05) is 0 Å². The number of piperazine rings is 1. The maximum atomic E-state index is 15.7. The van der Waals surface area contributed by atoms with Crippen LogP contribution in [0.1, 0.15) is 62.1 Å². The minimum Gasteiger partial charge on any atom is -0.489 e. The summed E-state index contributed by atoms with van der Waals surface area (Å²) in [7, 11) is 0. The third kappa shape index (κ3) is 7.57. The fraction of sp³-hybridized carbons (Fsp3) is 0.381. The van der Waals surface area contributed by atoms with Crippen molar-refractivity contribution in [2.75, 3.05) is 54.4 Å². The largest absolute Gasteiger partial charge is 0.489 e. The zero-order valence-corrected chi connectivity index (χ0v) is 33.3. The molecule has 60 heavy (non-hydrogen) atoms. The third-order valence-corrected chi connectivity index (χ3v) is 12.1. The molecule has 13 nitrogen and oxygen atoms in total. The van der Waals surface area contributed by atoms with E-state index in [1.165, 1.54) is 55.3 Å². The van der Waals surface area contributed by atoms with Gasteiger partial charge in [-0.2, -0.15) is 18.4 Å². The monoisotopic (exact) mass is 845 g/mol. The molecule has 3 aliphatic heterocycles. The van der Waals surface area contributed by atoms with E-state index in [0.29, 0.717) is 55.5 Å². The summed E-state index contributed by atoms with van der Waals surface area (Å²) in [5.74, 6) is -2.66. The Morgan fingerprint density at radius 2 is 1.77 bits per heavy atom. The molecule has 1 atom stereocenters. The number of carbonyl (C=O) groups is 4. The highest BCUT2D eigenvalue weighted by atomic mass is 32.1. The Balaban J connectivity index is 0.849. The lowest BCUT2D eigenvalue weighted by atomic mass is 9.90. The number of rotatable bonds is 10. The first kappa shape index (κ1) is 40.9. The predicted molar refractivity (Wildman–Crippen MR) is 215 cm³/mol. The minimum atomic E-state index is -4.85. The molecule has 4 amide bonds. The number of furan rings is 1. The number of piperidine rings is 1. The van der Waals surface area contributed by atoms with Crippen molar-refractivity contribution in [3.8, 4) is 11.8 Å². The van der Waals surface area contributed by atoms with Crippen LogP contribution in [0.15, 0.2) is 65.3 Å². The van der Waals surface area contributed by atoms with Gasteiger partial charge in [0.25, 0.3) is 5.91 Å². The Morgan fingerprint density at radius 3 is 2.43 bits per heavy atom. The Labute approximate surface area is 346 Å². The van der Waals surface area contributed by atoms with E-state index in [0.717, 1.165) is 29.2 Å². The van der Waals surface area contributed by atoms with Crippen LogP contribution in [0.3, 0.4) is 0 Å². The van der Waals surface area contributed by atoms with Crippen molar-refractivity contribution in [3.63, 3.8) is 0 Å². The first-order chi connectivity index (χ1) is 28.5. The third-order valence-electron chi connectivity index (χ3n) is 11.8. The lowest BCUT2D eigenvalue weighted by molar-refractivity contribution is -0.138. The number of halogens is 4. The van der Waals surface area contributed by atoms with E-state index in [2.05, 4.69) is 20.4 Å². The zero-order valence-electron chi connectivity index (χ0n) is 32.5. The van der Waals surface area contributed by atoms with Gasteiger partial charge in [-0.3, -0.25) is 39.2 Å². The van der Waals surface area contributed by atoms with Crippen LogP contribution in [0, 0.1) is 17.1 Å². The molecule has 18 heteroatoms. The normalized spacial score (nSPS) is 20.6. The Hall–Kier alpha value is -5.90. The Kier molecular flexibility index (Phi) is 10.4. The van der Waals surface area contributed by atoms with Crippen LogP contribution in [-0.2, 0) is 25.4 Å². The smallest absolute Gasteiger partial charge is 0.417 e. The molecule has 4 heterocycles. The van der Waals surface area contributed by atoms with E-state index in [4.69, 9.17) is 21.4 Å². The van der Waals surface area contributed by atoms with Crippen LogP contribution in [0.25, 0.3) is 11.0 Å². The lowest BCUT2D eigenvalue weighted by Gasteiger charge is -2.39. The van der Waals surface area contributed by atoms with Crippen molar-refractivity contribution in [1.29, 1.82) is 5.26 Å². The average molecular weight is 846 g/mol. The number of alkyl halides is 3. The van der Waals surface area contributed by atoms with Gasteiger partial charge < -0.3 is 19.4 Å². The number of hydrogen-bond acceptors (Lipinski definition) is 10. The molecule has 1 aliphatic carbocycles. The van der Waals surface area contributed by atoms with Gasteiger partial charge in [-0.15, -0.1) is 0 Å². The van der Waals surface area contributed by atoms with Crippen molar-refractivity contribution in [3.05, 3.63) is 83.4 Å². The van der Waals surface area contributed by atoms with Gasteiger partial charge in [-0.05, 0) is 87.8 Å². The lowest BCUT2D eigenvalue weighted by Crippen LogP contribution is -2.54. The van der Waals surface area contributed by atoms with Crippen molar-refractivity contribution in [1.82, 2.24) is 15.1 Å². The van der Waals surface area contributed by atoms with Gasteiger partial charge in [-0.25, -0.2) is 4.39 Å². The second-order valence-corrected chi connectivity index (χ2v) is 16.4. The summed E-state index contributed by atoms with van der Waals surface area (Å²) < 4.78 is 68.6. The van der Waals surface area contributed by atoms with Gasteiger partial charge in [0.05, 0.1) is 47.1 Å². The number of fused-ring (bicyclic) bond motifs is 1. The highest BCUT2D eigenvalue weighted by Crippen LogP contribution is 2.44. The van der Waals surface area contributed by atoms with Crippen molar-refractivity contribution >= 4 is 69.0 Å². The molecular weight excluding hydrogens is 807 g/mol. The molecule has 312 valence electrons. The van der Waals surface area contributed by atoms with Crippen LogP contribution in [0.4, 0.5) is 34.6 Å². The summed E-state index contributed by atoms with van der Waals surface area (Å²) in [6, 6.07) is 13.8. The fourth-order valence-electron chi connectivity index (χ4n) is 8.28. The van der Waals surface area contributed by atoms with Crippen LogP contribution < -0.4 is 25.2 Å². The molecule has 0 spiro atoms. The van der Waals surface area contributed by atoms with Gasteiger partial charge in [0, 0.05) is 67.1 Å². The summed E-state index contributed by atoms with van der Waals surface area (Å²) in [6.07, 6.45) is -0.957. The van der Waals surface area contributed by atoms with Crippen LogP contribution in [0.5, 0.6) is 5.75 Å². The number of anilines is 3. The van der Waals surface area contributed by atoms with Gasteiger partial charge in [0.15, 0.2) is 16.7 Å². The Morgan fingerprint density at radius 1 is 1.03 bits per heavy atom. The zero-order chi connectivity index (χ0) is 42.7. The number of benzene rings is 3. The van der Waals surface area contributed by atoms with Gasteiger partial charge in [0.1, 0.15) is 17.7 Å². The quantitative estimate of drug-likeness (QED) is 0.109. The number of carbonyl (C=O) groups excluding carboxylic acids is 4. The molecule has 3 saturated heterocycles. The van der Waals surface area contributed by atoms with E-state index in [1.807, 2.05) is 0 Å². The first-order valence-corrected chi connectivity index (χ1v) is 19.7. The van der Waals surface area contributed by atoms with E-state index >= 15 is 4.39 Å². The van der Waals surface area contributed by atoms with Crippen molar-refractivity contribution in [2.24, 2.45) is 0 Å². The van der Waals surface area contributed by atoms with E-state index in [1.54, 1.807) is 18.2 Å². The summed E-state index contributed by atoms with van der Waals surface area (Å²) >= 11 is 5.59. The molecule has 1 aromatic heterocycles. The number of nitriles is 1. The summed E-state index contributed by atoms with van der Waals surface area (Å²) in [6.45, 7) is 6.08. The fourth-order valence-corrected chi connectivity index (χ4v) is 8.81. The Bertz CT molecular complexity index is 2490. The van der Waals surface area contributed by atoms with Crippen molar-refractivity contribution in [2.45, 2.75) is 62.7 Å². The first-order valence-electron chi connectivity index (χ1n) is 19.3. The second-order valence-electron chi connectivity index (χ2n) is 16.0. The number of thiocarbonyl (C=S) groups is 1. The molecule has 0 radical (unpaired) electrons. The summed E-state index contributed by atoms with van der Waals surface area (Å²) in [5, 5.41) is 15.1. The maximum Gasteiger partial charge on any atom is 0.417 e. The second kappa shape index (κ2) is 15.3. The van der Waals surface area contributed by atoms with Crippen LogP contribution in [-0.4, -0.2) is 88.9 Å². The van der Waals surface area contributed by atoms with Gasteiger partial charge >= 0.3 is 6.18 Å². The molecule has 2 N–H and O–H groups in total. The molecule has 3 aromatic carbocycles. The number of nitrogens with zero attached hydrogens (tertiary/aromatic N) is 5.